The number of unbranched alkanes of at least 4 members (excludes halogenated alkanes) is 6. The minimum Gasteiger partial charge on any atom is -0.402 e. The van der Waals surface area contributed by atoms with Crippen LogP contribution in [0.25, 0.3) is 0 Å². The van der Waals surface area contributed by atoms with Crippen LogP contribution in [0.3, 0.4) is 0 Å². The zero-order valence-corrected chi connectivity index (χ0v) is 16.9. The summed E-state index contributed by atoms with van der Waals surface area (Å²) in [6.07, 6.45) is 16.0. The molecule has 0 aromatic rings. The summed E-state index contributed by atoms with van der Waals surface area (Å²) >= 11 is 0. The van der Waals surface area contributed by atoms with E-state index in [-0.39, 0.29) is 5.60 Å². The van der Waals surface area contributed by atoms with E-state index >= 15 is 0 Å². The maximum atomic E-state index is 9.60. The lowest BCUT2D eigenvalue weighted by Gasteiger charge is -2.42. The second kappa shape index (κ2) is 15.2. The van der Waals surface area contributed by atoms with Crippen LogP contribution in [0.1, 0.15) is 118 Å². The second-order valence-corrected chi connectivity index (χ2v) is 7.40. The van der Waals surface area contributed by atoms with Gasteiger partial charge in [0.25, 0.3) is 0 Å². The van der Waals surface area contributed by atoms with Gasteiger partial charge in [-0.25, -0.2) is 0 Å². The van der Waals surface area contributed by atoms with Crippen LogP contribution < -0.4 is 0 Å². The molecule has 1 atom stereocenters. The molecular formula is C20H43BO3. The van der Waals surface area contributed by atoms with Crippen molar-refractivity contribution < 1.29 is 14.7 Å². The molecule has 0 bridgehead atoms. The minimum atomic E-state index is -1.65. The normalized spacial score (nSPS) is 13.2. The van der Waals surface area contributed by atoms with Crippen LogP contribution in [0.5, 0.6) is 0 Å². The van der Waals surface area contributed by atoms with Crippen molar-refractivity contribution in [1.29, 1.82) is 0 Å². The molecule has 0 aromatic carbocycles. The summed E-state index contributed by atoms with van der Waals surface area (Å²) in [5.41, 5.74) is -0.360. The van der Waals surface area contributed by atoms with E-state index in [0.717, 1.165) is 51.4 Å². The van der Waals surface area contributed by atoms with Crippen molar-refractivity contribution in [3.05, 3.63) is 0 Å². The first-order chi connectivity index (χ1) is 11.6. The quantitative estimate of drug-likeness (QED) is 0.257. The summed E-state index contributed by atoms with van der Waals surface area (Å²) in [6, 6.07) is 0. The second-order valence-electron chi connectivity index (χ2n) is 7.40. The predicted octanol–water partition coefficient (Wildman–Crippen LogP) is 5.87. The Morgan fingerprint density at radius 2 is 1.21 bits per heavy atom. The molecule has 0 amide bonds. The van der Waals surface area contributed by atoms with Crippen molar-refractivity contribution in [2.45, 2.75) is 123 Å². The molecule has 24 heavy (non-hydrogen) atoms. The van der Waals surface area contributed by atoms with E-state index in [9.17, 15) is 10.0 Å². The van der Waals surface area contributed by atoms with Gasteiger partial charge in [-0.05, 0) is 31.6 Å². The zero-order chi connectivity index (χ0) is 18.3. The Hall–Kier alpha value is -0.0551. The maximum absolute atomic E-state index is 9.60. The monoisotopic (exact) mass is 342 g/mol. The number of rotatable bonds is 17. The van der Waals surface area contributed by atoms with Gasteiger partial charge < -0.3 is 14.7 Å². The summed E-state index contributed by atoms with van der Waals surface area (Å²) in [5, 5.41) is 19.2. The van der Waals surface area contributed by atoms with E-state index in [1.165, 1.54) is 38.5 Å². The molecule has 144 valence electrons. The van der Waals surface area contributed by atoms with Gasteiger partial charge >= 0.3 is 7.32 Å². The lowest BCUT2D eigenvalue weighted by atomic mass is 9.73. The lowest BCUT2D eigenvalue weighted by molar-refractivity contribution is -0.0527. The van der Waals surface area contributed by atoms with Crippen molar-refractivity contribution in [2.75, 3.05) is 0 Å². The van der Waals surface area contributed by atoms with E-state index in [0.29, 0.717) is 5.92 Å². The van der Waals surface area contributed by atoms with Crippen molar-refractivity contribution in [1.82, 2.24) is 0 Å². The molecule has 0 aliphatic rings. The van der Waals surface area contributed by atoms with E-state index in [4.69, 9.17) is 4.65 Å². The smallest absolute Gasteiger partial charge is 0.402 e. The van der Waals surface area contributed by atoms with E-state index < -0.39 is 7.32 Å². The van der Waals surface area contributed by atoms with Gasteiger partial charge in [0.05, 0.1) is 5.60 Å². The summed E-state index contributed by atoms with van der Waals surface area (Å²) < 4.78 is 5.87. The van der Waals surface area contributed by atoms with Crippen LogP contribution in [-0.2, 0) is 4.65 Å². The van der Waals surface area contributed by atoms with Gasteiger partial charge in [-0.3, -0.25) is 0 Å². The van der Waals surface area contributed by atoms with Gasteiger partial charge in [0.1, 0.15) is 0 Å². The highest BCUT2D eigenvalue weighted by Crippen LogP contribution is 2.40. The molecule has 1 unspecified atom stereocenters. The van der Waals surface area contributed by atoms with Crippen molar-refractivity contribution in [2.24, 2.45) is 5.92 Å². The summed E-state index contributed by atoms with van der Waals surface area (Å²) in [6.45, 7) is 8.87. The molecule has 0 spiro atoms. The molecular weight excluding hydrogens is 299 g/mol. The molecule has 0 radical (unpaired) electrons. The van der Waals surface area contributed by atoms with Crippen molar-refractivity contribution >= 4 is 7.32 Å². The highest BCUT2D eigenvalue weighted by Gasteiger charge is 2.40. The average molecular weight is 342 g/mol. The average Bonchev–Trinajstić information content (AvgIpc) is 2.56. The maximum Gasteiger partial charge on any atom is 0.634 e. The molecule has 0 aromatic heterocycles. The Balaban J connectivity index is 5.19. The van der Waals surface area contributed by atoms with Gasteiger partial charge in [-0.1, -0.05) is 91.9 Å². The van der Waals surface area contributed by atoms with E-state index in [1.807, 2.05) is 0 Å². The first kappa shape index (κ1) is 23.9. The van der Waals surface area contributed by atoms with Gasteiger partial charge in [-0.15, -0.1) is 0 Å². The SMILES string of the molecule is CCCCCCC(CCCC)C(CCCC)(CCCC)OB(O)O. The Morgan fingerprint density at radius 3 is 1.67 bits per heavy atom. The summed E-state index contributed by atoms with van der Waals surface area (Å²) in [4.78, 5) is 0. The molecule has 0 heterocycles. The first-order valence-electron chi connectivity index (χ1n) is 10.6. The predicted molar refractivity (Wildman–Crippen MR) is 105 cm³/mol. The summed E-state index contributed by atoms with van der Waals surface area (Å²) in [5.74, 6) is 0.439. The molecule has 0 rings (SSSR count). The summed E-state index contributed by atoms with van der Waals surface area (Å²) in [7, 11) is -1.65. The first-order valence-corrected chi connectivity index (χ1v) is 10.6. The fourth-order valence-corrected chi connectivity index (χ4v) is 3.85. The van der Waals surface area contributed by atoms with Gasteiger partial charge in [-0.2, -0.15) is 0 Å². The molecule has 0 saturated heterocycles. The number of hydrogen-bond donors (Lipinski definition) is 2. The third-order valence-corrected chi connectivity index (χ3v) is 5.30. The van der Waals surface area contributed by atoms with Crippen LogP contribution in [0.2, 0.25) is 0 Å². The molecule has 0 saturated carbocycles. The fourth-order valence-electron chi connectivity index (χ4n) is 3.85. The van der Waals surface area contributed by atoms with Crippen LogP contribution in [0, 0.1) is 5.92 Å². The third kappa shape index (κ3) is 10.1. The minimum absolute atomic E-state index is 0.360. The standard InChI is InChI=1S/C20H43BO3/c1-5-9-13-14-16-19(15-10-6-2)20(17-11-7-3,18-12-8-4)24-21(22)23/h19,22-23H,5-18H2,1-4H3. The Kier molecular flexibility index (Phi) is 15.2. The molecule has 0 fully saturated rings. The van der Waals surface area contributed by atoms with Crippen molar-refractivity contribution in [3.63, 3.8) is 0 Å². The highest BCUT2D eigenvalue weighted by molar-refractivity contribution is 6.32. The molecule has 3 nitrogen and oxygen atoms in total. The van der Waals surface area contributed by atoms with E-state index in [1.54, 1.807) is 0 Å². The molecule has 0 aliphatic carbocycles. The van der Waals surface area contributed by atoms with Crippen molar-refractivity contribution in [3.8, 4) is 0 Å². The Labute approximate surface area is 151 Å². The third-order valence-electron chi connectivity index (χ3n) is 5.30. The van der Waals surface area contributed by atoms with E-state index in [2.05, 4.69) is 27.7 Å². The van der Waals surface area contributed by atoms with Crippen LogP contribution in [0.15, 0.2) is 0 Å². The Bertz CT molecular complexity index is 264. The van der Waals surface area contributed by atoms with Crippen LogP contribution in [0.4, 0.5) is 0 Å². The topological polar surface area (TPSA) is 49.7 Å². The Morgan fingerprint density at radius 1 is 0.708 bits per heavy atom. The van der Waals surface area contributed by atoms with Gasteiger partial charge in [0.15, 0.2) is 0 Å². The van der Waals surface area contributed by atoms with Gasteiger partial charge in [0, 0.05) is 0 Å². The molecule has 4 heteroatoms. The molecule has 2 N–H and O–H groups in total. The van der Waals surface area contributed by atoms with Crippen LogP contribution in [-0.4, -0.2) is 23.0 Å². The van der Waals surface area contributed by atoms with Gasteiger partial charge in [0.2, 0.25) is 0 Å². The molecule has 0 aliphatic heterocycles. The zero-order valence-electron chi connectivity index (χ0n) is 16.9. The fraction of sp³-hybridized carbons (Fsp3) is 1.00. The lowest BCUT2D eigenvalue weighted by Crippen LogP contribution is -2.46. The van der Waals surface area contributed by atoms with Crippen LogP contribution >= 0.6 is 0 Å². The largest absolute Gasteiger partial charge is 0.634 e. The highest BCUT2D eigenvalue weighted by atomic mass is 16.6. The number of hydrogen-bond acceptors (Lipinski definition) is 3.